The van der Waals surface area contributed by atoms with Crippen molar-refractivity contribution in [3.8, 4) is 22.5 Å². The van der Waals surface area contributed by atoms with Gasteiger partial charge in [0.15, 0.2) is 0 Å². The highest BCUT2D eigenvalue weighted by Gasteiger charge is 2.26. The van der Waals surface area contributed by atoms with Gasteiger partial charge in [-0.25, -0.2) is 19.4 Å². The maximum Gasteiger partial charge on any atom is 0.332 e. The van der Waals surface area contributed by atoms with E-state index in [0.29, 0.717) is 24.2 Å². The fourth-order valence-corrected chi connectivity index (χ4v) is 4.33. The molecule has 3 heterocycles. The normalized spacial score (nSPS) is 17.3. The van der Waals surface area contributed by atoms with Crippen LogP contribution in [0.5, 0.6) is 0 Å². The zero-order valence-corrected chi connectivity index (χ0v) is 17.9. The molecule has 0 aliphatic heterocycles. The smallest absolute Gasteiger partial charge is 0.332 e. The van der Waals surface area contributed by atoms with Gasteiger partial charge >= 0.3 is 6.03 Å². The van der Waals surface area contributed by atoms with E-state index < -0.39 is 6.03 Å². The van der Waals surface area contributed by atoms with Crippen molar-refractivity contribution in [3.05, 3.63) is 77.2 Å². The Balaban J connectivity index is 1.67. The second-order valence-electron chi connectivity index (χ2n) is 7.96. The molecule has 9 heteroatoms. The van der Waals surface area contributed by atoms with Crippen LogP contribution >= 0.6 is 0 Å². The van der Waals surface area contributed by atoms with Crippen LogP contribution in [0.3, 0.4) is 0 Å². The quantitative estimate of drug-likeness (QED) is 0.472. The molecule has 0 saturated heterocycles. The highest BCUT2D eigenvalue weighted by Crippen LogP contribution is 2.34. The Hall–Kier alpha value is -4.27. The lowest BCUT2D eigenvalue weighted by Gasteiger charge is -2.25. The van der Waals surface area contributed by atoms with Crippen molar-refractivity contribution in [3.63, 3.8) is 0 Å². The number of urea groups is 1. The van der Waals surface area contributed by atoms with Crippen LogP contribution in [-0.4, -0.2) is 31.1 Å². The van der Waals surface area contributed by atoms with Gasteiger partial charge in [0.25, 0.3) is 5.56 Å². The summed E-state index contributed by atoms with van der Waals surface area (Å²) in [5.74, 6) is 0. The lowest BCUT2D eigenvalue weighted by atomic mass is 9.93. The number of nitrogens with two attached hydrogens (primary N) is 1. The molecule has 2 amide bonds. The van der Waals surface area contributed by atoms with Gasteiger partial charge < -0.3 is 5.73 Å². The predicted octanol–water partition coefficient (Wildman–Crippen LogP) is 3.36. The molecule has 1 aliphatic carbocycles. The van der Waals surface area contributed by atoms with Crippen molar-refractivity contribution >= 4 is 17.3 Å². The van der Waals surface area contributed by atoms with E-state index in [0.717, 1.165) is 35.2 Å². The molecule has 1 fully saturated rings. The SMILES string of the molecule is NC(=O)NN=C1CCCCC1n1nc(-c2c(-c3ccccc3)nn3ccccc23)ccc1=O. The van der Waals surface area contributed by atoms with Crippen molar-refractivity contribution in [2.45, 2.75) is 31.7 Å². The monoisotopic (exact) mass is 441 g/mol. The number of fused-ring (bicyclic) bond motifs is 1. The van der Waals surface area contributed by atoms with Crippen molar-refractivity contribution in [2.24, 2.45) is 10.8 Å². The first-order valence-corrected chi connectivity index (χ1v) is 10.9. The number of nitrogens with zero attached hydrogens (tertiary/aromatic N) is 5. The first-order chi connectivity index (χ1) is 16.1. The van der Waals surface area contributed by atoms with E-state index in [4.69, 9.17) is 15.9 Å². The van der Waals surface area contributed by atoms with Crippen LogP contribution in [0.25, 0.3) is 28.0 Å². The Labute approximate surface area is 189 Å². The molecule has 166 valence electrons. The number of hydrogen-bond acceptors (Lipinski definition) is 5. The number of amides is 2. The second kappa shape index (κ2) is 8.70. The fraction of sp³-hybridized carbons (Fsp3) is 0.208. The minimum absolute atomic E-state index is 0.227. The number of aromatic nitrogens is 4. The molecule has 5 rings (SSSR count). The summed E-state index contributed by atoms with van der Waals surface area (Å²) < 4.78 is 3.29. The average Bonchev–Trinajstić information content (AvgIpc) is 3.24. The summed E-state index contributed by atoms with van der Waals surface area (Å²) in [6.07, 6.45) is 5.12. The van der Waals surface area contributed by atoms with E-state index in [1.54, 1.807) is 6.07 Å². The minimum atomic E-state index is -0.736. The molecule has 1 aliphatic rings. The average molecular weight is 441 g/mol. The molecule has 3 N–H and O–H groups in total. The lowest BCUT2D eigenvalue weighted by molar-refractivity contribution is 0.249. The van der Waals surface area contributed by atoms with E-state index in [-0.39, 0.29) is 11.6 Å². The summed E-state index contributed by atoms with van der Waals surface area (Å²) in [5.41, 5.74) is 12.1. The summed E-state index contributed by atoms with van der Waals surface area (Å²) in [6.45, 7) is 0. The van der Waals surface area contributed by atoms with Crippen LogP contribution in [0.15, 0.2) is 76.8 Å². The Morgan fingerprint density at radius 3 is 2.67 bits per heavy atom. The Morgan fingerprint density at radius 1 is 1.03 bits per heavy atom. The van der Waals surface area contributed by atoms with Crippen LogP contribution in [0.1, 0.15) is 31.7 Å². The number of benzene rings is 1. The molecule has 0 bridgehead atoms. The van der Waals surface area contributed by atoms with Crippen molar-refractivity contribution in [1.29, 1.82) is 0 Å². The molecule has 4 aromatic rings. The molecular weight excluding hydrogens is 418 g/mol. The predicted molar refractivity (Wildman–Crippen MR) is 126 cm³/mol. The number of primary amides is 1. The van der Waals surface area contributed by atoms with E-state index in [9.17, 15) is 9.59 Å². The van der Waals surface area contributed by atoms with Crippen molar-refractivity contribution < 1.29 is 4.79 Å². The topological polar surface area (TPSA) is 120 Å². The Morgan fingerprint density at radius 2 is 1.85 bits per heavy atom. The molecule has 3 aromatic heterocycles. The fourth-order valence-electron chi connectivity index (χ4n) is 4.33. The summed E-state index contributed by atoms with van der Waals surface area (Å²) in [7, 11) is 0. The number of nitrogens with one attached hydrogen (secondary N) is 1. The van der Waals surface area contributed by atoms with Gasteiger partial charge in [0.2, 0.25) is 0 Å². The third-order valence-corrected chi connectivity index (χ3v) is 5.82. The third-order valence-electron chi connectivity index (χ3n) is 5.82. The minimum Gasteiger partial charge on any atom is -0.350 e. The molecule has 9 nitrogen and oxygen atoms in total. The maximum absolute atomic E-state index is 12.9. The van der Waals surface area contributed by atoms with E-state index in [1.807, 2.05) is 59.2 Å². The van der Waals surface area contributed by atoms with E-state index >= 15 is 0 Å². The number of carbonyl (C=O) groups is 1. The number of rotatable bonds is 4. The van der Waals surface area contributed by atoms with Crippen LogP contribution < -0.4 is 16.7 Å². The molecule has 1 atom stereocenters. The maximum atomic E-state index is 12.9. The largest absolute Gasteiger partial charge is 0.350 e. The van der Waals surface area contributed by atoms with E-state index in [1.165, 1.54) is 10.7 Å². The summed E-state index contributed by atoms with van der Waals surface area (Å²) in [4.78, 5) is 24.0. The Kier molecular flexibility index (Phi) is 5.43. The molecule has 1 unspecified atom stereocenters. The number of carbonyl (C=O) groups excluding carboxylic acids is 1. The number of hydrogen-bond donors (Lipinski definition) is 2. The molecule has 1 saturated carbocycles. The zero-order chi connectivity index (χ0) is 22.8. The van der Waals surface area contributed by atoms with Gasteiger partial charge in [-0.1, -0.05) is 42.8 Å². The number of pyridine rings is 1. The molecule has 33 heavy (non-hydrogen) atoms. The van der Waals surface area contributed by atoms with Gasteiger partial charge in [-0.15, -0.1) is 0 Å². The van der Waals surface area contributed by atoms with Gasteiger partial charge in [0, 0.05) is 17.8 Å². The molecule has 0 spiro atoms. The van der Waals surface area contributed by atoms with Crippen molar-refractivity contribution in [1.82, 2.24) is 24.8 Å². The van der Waals surface area contributed by atoms with Crippen LogP contribution in [0.2, 0.25) is 0 Å². The van der Waals surface area contributed by atoms with Crippen LogP contribution in [-0.2, 0) is 0 Å². The van der Waals surface area contributed by atoms with Crippen LogP contribution in [0, 0.1) is 0 Å². The standard InChI is InChI=1S/C24H23N7O2/c25-24(33)27-26-17-10-4-5-11-19(17)31-21(32)14-13-18(28-31)22-20-12-6-7-15-30(20)29-23(22)16-8-2-1-3-9-16/h1-3,6-9,12-15,19H,4-5,10-11H2,(H3,25,27,33). The van der Waals surface area contributed by atoms with Gasteiger partial charge in [-0.05, 0) is 37.5 Å². The molecular formula is C24H23N7O2. The first kappa shape index (κ1) is 20.6. The molecule has 1 aromatic carbocycles. The van der Waals surface area contributed by atoms with Crippen molar-refractivity contribution in [2.75, 3.05) is 0 Å². The van der Waals surface area contributed by atoms with Gasteiger partial charge in [0.05, 0.1) is 28.5 Å². The third kappa shape index (κ3) is 4.00. The number of hydrazone groups is 1. The summed E-state index contributed by atoms with van der Waals surface area (Å²) in [5, 5.41) is 13.7. The zero-order valence-electron chi connectivity index (χ0n) is 17.9. The van der Waals surface area contributed by atoms with Gasteiger partial charge in [0.1, 0.15) is 5.69 Å². The molecule has 0 radical (unpaired) electrons. The van der Waals surface area contributed by atoms with Crippen LogP contribution in [0.4, 0.5) is 4.79 Å². The Bertz CT molecular complexity index is 1410. The van der Waals surface area contributed by atoms with Gasteiger partial charge in [-0.3, -0.25) is 4.79 Å². The lowest BCUT2D eigenvalue weighted by Crippen LogP contribution is -2.35. The highest BCUT2D eigenvalue weighted by atomic mass is 16.2. The summed E-state index contributed by atoms with van der Waals surface area (Å²) >= 11 is 0. The van der Waals surface area contributed by atoms with Gasteiger partial charge in [-0.2, -0.15) is 15.3 Å². The second-order valence-corrected chi connectivity index (χ2v) is 7.96. The van der Waals surface area contributed by atoms with E-state index in [2.05, 4.69) is 10.5 Å². The first-order valence-electron chi connectivity index (χ1n) is 10.9. The highest BCUT2D eigenvalue weighted by molar-refractivity contribution is 5.91. The summed E-state index contributed by atoms with van der Waals surface area (Å²) in [6, 6.07) is 17.9.